The number of benzene rings is 1. The summed E-state index contributed by atoms with van der Waals surface area (Å²) in [5.41, 5.74) is -1.58. The minimum atomic E-state index is -4.51. The van der Waals surface area contributed by atoms with Crippen molar-refractivity contribution in [3.05, 3.63) is 57.1 Å². The van der Waals surface area contributed by atoms with Crippen molar-refractivity contribution < 1.29 is 18.3 Å². The van der Waals surface area contributed by atoms with E-state index in [1.165, 1.54) is 18.2 Å². The molecule has 29 heavy (non-hydrogen) atoms. The van der Waals surface area contributed by atoms with E-state index in [1.54, 1.807) is 0 Å². The lowest BCUT2D eigenvalue weighted by Gasteiger charge is -2.33. The highest BCUT2D eigenvalue weighted by Crippen LogP contribution is 2.32. The lowest BCUT2D eigenvalue weighted by molar-refractivity contribution is -0.138. The first-order valence-corrected chi connectivity index (χ1v) is 9.37. The SMILES string of the molecule is N#Cc1c(N2CCC(CCO)CC2)nc(Cc2ccccc2C(F)(F)F)[nH]c1=O. The Kier molecular flexibility index (Phi) is 6.23. The van der Waals surface area contributed by atoms with Crippen LogP contribution in [0.15, 0.2) is 29.1 Å². The first-order valence-electron chi connectivity index (χ1n) is 9.37. The number of hydrogen-bond acceptors (Lipinski definition) is 5. The molecule has 0 atom stereocenters. The third-order valence-electron chi connectivity index (χ3n) is 5.19. The Morgan fingerprint density at radius 2 is 1.97 bits per heavy atom. The molecule has 0 spiro atoms. The van der Waals surface area contributed by atoms with Crippen molar-refractivity contribution in [3.8, 4) is 6.07 Å². The minimum Gasteiger partial charge on any atom is -0.396 e. The summed E-state index contributed by atoms with van der Waals surface area (Å²) in [5.74, 6) is 0.651. The molecule has 2 aromatic rings. The summed E-state index contributed by atoms with van der Waals surface area (Å²) in [7, 11) is 0. The number of nitrogens with zero attached hydrogens (tertiary/aromatic N) is 3. The van der Waals surface area contributed by atoms with Crippen LogP contribution in [0, 0.1) is 17.2 Å². The molecule has 1 aromatic carbocycles. The molecule has 154 valence electrons. The van der Waals surface area contributed by atoms with Gasteiger partial charge < -0.3 is 15.0 Å². The highest BCUT2D eigenvalue weighted by molar-refractivity contribution is 5.53. The van der Waals surface area contributed by atoms with Crippen LogP contribution in [0.2, 0.25) is 0 Å². The van der Waals surface area contributed by atoms with Crippen molar-refractivity contribution in [2.75, 3.05) is 24.6 Å². The normalized spacial score (nSPS) is 15.3. The smallest absolute Gasteiger partial charge is 0.396 e. The van der Waals surface area contributed by atoms with E-state index in [1.807, 2.05) is 11.0 Å². The topological polar surface area (TPSA) is 93.0 Å². The van der Waals surface area contributed by atoms with Gasteiger partial charge in [-0.05, 0) is 36.8 Å². The Balaban J connectivity index is 1.92. The maximum atomic E-state index is 13.3. The monoisotopic (exact) mass is 406 g/mol. The zero-order chi connectivity index (χ0) is 21.0. The molecule has 2 heterocycles. The number of halogens is 3. The van der Waals surface area contributed by atoms with Crippen molar-refractivity contribution in [1.82, 2.24) is 9.97 Å². The molecule has 0 radical (unpaired) electrons. The van der Waals surface area contributed by atoms with Crippen molar-refractivity contribution in [3.63, 3.8) is 0 Å². The van der Waals surface area contributed by atoms with Gasteiger partial charge in [-0.1, -0.05) is 18.2 Å². The van der Waals surface area contributed by atoms with Crippen LogP contribution in [0.1, 0.15) is 41.8 Å². The molecule has 0 saturated carbocycles. The van der Waals surface area contributed by atoms with Crippen molar-refractivity contribution in [2.24, 2.45) is 5.92 Å². The van der Waals surface area contributed by atoms with E-state index in [2.05, 4.69) is 9.97 Å². The fraction of sp³-hybridized carbons (Fsp3) is 0.450. The zero-order valence-corrected chi connectivity index (χ0v) is 15.7. The van der Waals surface area contributed by atoms with Gasteiger partial charge in [-0.2, -0.15) is 18.4 Å². The standard InChI is InChI=1S/C20H21F3N4O2/c21-20(22,23)16-4-2-1-3-14(16)11-17-25-18(15(12-24)19(29)26-17)27-8-5-13(6-9-27)7-10-28/h1-4,13,28H,5-11H2,(H,25,26,29). The molecule has 0 aliphatic carbocycles. The predicted octanol–water partition coefficient (Wildman–Crippen LogP) is 2.85. The third kappa shape index (κ3) is 4.77. The van der Waals surface area contributed by atoms with Crippen molar-refractivity contribution in [1.29, 1.82) is 5.26 Å². The molecule has 1 aliphatic heterocycles. The number of piperidine rings is 1. The number of aliphatic hydroxyl groups is 1. The Hall–Kier alpha value is -2.86. The van der Waals surface area contributed by atoms with Gasteiger partial charge in [0.05, 0.1) is 5.56 Å². The molecule has 1 saturated heterocycles. The van der Waals surface area contributed by atoms with Crippen LogP contribution in [-0.2, 0) is 12.6 Å². The maximum Gasteiger partial charge on any atom is 0.416 e. The lowest BCUT2D eigenvalue weighted by atomic mass is 9.94. The summed E-state index contributed by atoms with van der Waals surface area (Å²) in [6.07, 6.45) is -2.45. The summed E-state index contributed by atoms with van der Waals surface area (Å²) in [5, 5.41) is 18.5. The number of aromatic amines is 1. The average Bonchev–Trinajstić information content (AvgIpc) is 2.68. The number of rotatable bonds is 5. The summed E-state index contributed by atoms with van der Waals surface area (Å²) < 4.78 is 39.8. The number of nitriles is 1. The Morgan fingerprint density at radius 3 is 2.59 bits per heavy atom. The number of nitrogens with one attached hydrogen (secondary N) is 1. The number of anilines is 1. The van der Waals surface area contributed by atoms with Gasteiger partial charge in [0.2, 0.25) is 0 Å². The average molecular weight is 406 g/mol. The highest BCUT2D eigenvalue weighted by Gasteiger charge is 2.33. The van der Waals surface area contributed by atoms with E-state index in [0.29, 0.717) is 25.4 Å². The van der Waals surface area contributed by atoms with Crippen LogP contribution >= 0.6 is 0 Å². The largest absolute Gasteiger partial charge is 0.416 e. The molecule has 6 nitrogen and oxygen atoms in total. The number of alkyl halides is 3. The molecular formula is C20H21F3N4O2. The van der Waals surface area contributed by atoms with Crippen molar-refractivity contribution >= 4 is 5.82 Å². The number of aliphatic hydroxyl groups excluding tert-OH is 1. The van der Waals surface area contributed by atoms with Gasteiger partial charge in [0.15, 0.2) is 11.4 Å². The molecule has 9 heteroatoms. The molecule has 3 rings (SSSR count). The molecule has 2 N–H and O–H groups in total. The first-order chi connectivity index (χ1) is 13.8. The van der Waals surface area contributed by atoms with Crippen LogP contribution in [0.5, 0.6) is 0 Å². The molecule has 0 amide bonds. The minimum absolute atomic E-state index is 0.000427. The molecule has 1 aromatic heterocycles. The van der Waals surface area contributed by atoms with E-state index >= 15 is 0 Å². The Labute approximate surface area is 165 Å². The summed E-state index contributed by atoms with van der Waals surface area (Å²) in [6.45, 7) is 1.24. The second-order valence-corrected chi connectivity index (χ2v) is 7.10. The van der Waals surface area contributed by atoms with Gasteiger partial charge in [0.1, 0.15) is 11.9 Å². The van der Waals surface area contributed by atoms with E-state index in [9.17, 15) is 23.2 Å². The van der Waals surface area contributed by atoms with Gasteiger partial charge in [-0.3, -0.25) is 4.79 Å². The molecule has 0 unspecified atom stereocenters. The molecule has 1 aliphatic rings. The second-order valence-electron chi connectivity index (χ2n) is 7.10. The van der Waals surface area contributed by atoms with Crippen molar-refractivity contribution in [2.45, 2.75) is 31.9 Å². The predicted molar refractivity (Wildman–Crippen MR) is 100 cm³/mol. The van der Waals surface area contributed by atoms with Crippen LogP contribution < -0.4 is 10.5 Å². The van der Waals surface area contributed by atoms with Crippen LogP contribution in [-0.4, -0.2) is 34.8 Å². The fourth-order valence-corrected chi connectivity index (χ4v) is 3.67. The van der Waals surface area contributed by atoms with Gasteiger partial charge >= 0.3 is 6.18 Å². The summed E-state index contributed by atoms with van der Waals surface area (Å²) >= 11 is 0. The van der Waals surface area contributed by atoms with Crippen LogP contribution in [0.4, 0.5) is 19.0 Å². The zero-order valence-electron chi connectivity index (χ0n) is 15.7. The Morgan fingerprint density at radius 1 is 1.28 bits per heavy atom. The number of aromatic nitrogens is 2. The van der Waals surface area contributed by atoms with E-state index in [4.69, 9.17) is 5.11 Å². The fourth-order valence-electron chi connectivity index (χ4n) is 3.67. The summed E-state index contributed by atoms with van der Waals surface area (Å²) in [4.78, 5) is 21.0. The Bertz CT molecular complexity index is 957. The third-order valence-corrected chi connectivity index (χ3v) is 5.19. The van der Waals surface area contributed by atoms with Gasteiger partial charge in [0.25, 0.3) is 5.56 Å². The van der Waals surface area contributed by atoms with Gasteiger partial charge in [-0.15, -0.1) is 0 Å². The quantitative estimate of drug-likeness (QED) is 0.797. The maximum absolute atomic E-state index is 13.3. The second kappa shape index (κ2) is 8.66. The summed E-state index contributed by atoms with van der Waals surface area (Å²) in [6, 6.07) is 7.00. The van der Waals surface area contributed by atoms with E-state index in [-0.39, 0.29) is 35.8 Å². The van der Waals surface area contributed by atoms with Crippen LogP contribution in [0.25, 0.3) is 0 Å². The highest BCUT2D eigenvalue weighted by atomic mass is 19.4. The van der Waals surface area contributed by atoms with E-state index < -0.39 is 17.3 Å². The van der Waals surface area contributed by atoms with E-state index in [0.717, 1.165) is 18.9 Å². The van der Waals surface area contributed by atoms with Crippen LogP contribution in [0.3, 0.4) is 0 Å². The molecule has 1 fully saturated rings. The number of hydrogen-bond donors (Lipinski definition) is 2. The molecule has 0 bridgehead atoms. The lowest BCUT2D eigenvalue weighted by Crippen LogP contribution is -2.36. The van der Waals surface area contributed by atoms with Gasteiger partial charge in [0, 0.05) is 26.1 Å². The number of H-pyrrole nitrogens is 1. The molecular weight excluding hydrogens is 385 g/mol. The van der Waals surface area contributed by atoms with Gasteiger partial charge in [-0.25, -0.2) is 4.98 Å². The first kappa shape index (κ1) is 20.9.